The van der Waals surface area contributed by atoms with Gasteiger partial charge in [0.1, 0.15) is 17.6 Å². The first kappa shape index (κ1) is 11.8. The first-order valence-electron chi connectivity index (χ1n) is 5.71. The smallest absolute Gasteiger partial charge is 0.341 e. The third kappa shape index (κ3) is 1.80. The Morgan fingerprint density at radius 2 is 2.11 bits per heavy atom. The molecule has 0 spiro atoms. The van der Waals surface area contributed by atoms with Crippen molar-refractivity contribution in [1.29, 1.82) is 0 Å². The Balaban J connectivity index is 2.39. The average molecular weight is 265 g/mol. The van der Waals surface area contributed by atoms with Gasteiger partial charge in [0, 0.05) is 18.0 Å². The van der Waals surface area contributed by atoms with E-state index in [9.17, 15) is 18.4 Å². The molecule has 1 aromatic heterocycles. The quantitative estimate of drug-likeness (QED) is 0.904. The number of fused-ring (bicyclic) bond motifs is 1. The molecule has 6 heteroatoms. The van der Waals surface area contributed by atoms with Gasteiger partial charge in [0.05, 0.1) is 11.6 Å². The highest BCUT2D eigenvalue weighted by Crippen LogP contribution is 2.40. The third-order valence-corrected chi connectivity index (χ3v) is 3.26. The van der Waals surface area contributed by atoms with Crippen molar-refractivity contribution in [3.63, 3.8) is 0 Å². The lowest BCUT2D eigenvalue weighted by molar-refractivity contribution is 0.0694. The lowest BCUT2D eigenvalue weighted by atomic mass is 10.1. The Bertz CT molecular complexity index is 753. The molecule has 98 valence electrons. The zero-order valence-electron chi connectivity index (χ0n) is 9.64. The normalized spacial score (nSPS) is 21.6. The SMILES string of the molecule is O=C(O)c1cn([C@@H]2C[C@H]2F)c2ccc(F)cc2c1=O. The number of pyridine rings is 1. The van der Waals surface area contributed by atoms with Crippen molar-refractivity contribution < 1.29 is 18.7 Å². The van der Waals surface area contributed by atoms with Gasteiger partial charge in [0.25, 0.3) is 0 Å². The molecule has 1 heterocycles. The van der Waals surface area contributed by atoms with E-state index >= 15 is 0 Å². The Morgan fingerprint density at radius 1 is 1.42 bits per heavy atom. The lowest BCUT2D eigenvalue weighted by Crippen LogP contribution is -2.19. The van der Waals surface area contributed by atoms with Crippen molar-refractivity contribution in [2.45, 2.75) is 18.6 Å². The second kappa shape index (κ2) is 3.88. The number of rotatable bonds is 2. The van der Waals surface area contributed by atoms with Crippen LogP contribution in [0.1, 0.15) is 22.8 Å². The van der Waals surface area contributed by atoms with E-state index in [0.717, 1.165) is 18.3 Å². The first-order valence-corrected chi connectivity index (χ1v) is 5.71. The van der Waals surface area contributed by atoms with Crippen LogP contribution in [0.2, 0.25) is 0 Å². The van der Waals surface area contributed by atoms with Gasteiger partial charge in [-0.1, -0.05) is 0 Å². The summed E-state index contributed by atoms with van der Waals surface area (Å²) < 4.78 is 27.8. The topological polar surface area (TPSA) is 59.3 Å². The van der Waals surface area contributed by atoms with E-state index in [4.69, 9.17) is 5.11 Å². The molecule has 2 aromatic rings. The number of carboxylic acids is 1. The van der Waals surface area contributed by atoms with Gasteiger partial charge in [-0.3, -0.25) is 4.79 Å². The van der Waals surface area contributed by atoms with Crippen LogP contribution >= 0.6 is 0 Å². The number of benzene rings is 1. The van der Waals surface area contributed by atoms with Gasteiger partial charge < -0.3 is 9.67 Å². The zero-order chi connectivity index (χ0) is 13.7. The van der Waals surface area contributed by atoms with Crippen molar-refractivity contribution in [1.82, 2.24) is 4.57 Å². The predicted octanol–water partition coefficient (Wildman–Crippen LogP) is 2.12. The number of nitrogens with zero attached hydrogens (tertiary/aromatic N) is 1. The van der Waals surface area contributed by atoms with Crippen LogP contribution in [-0.4, -0.2) is 21.8 Å². The summed E-state index contributed by atoms with van der Waals surface area (Å²) in [5.74, 6) is -2.03. The van der Waals surface area contributed by atoms with Crippen LogP contribution in [0.15, 0.2) is 29.2 Å². The summed E-state index contributed by atoms with van der Waals surface area (Å²) in [6.45, 7) is 0. The fourth-order valence-electron chi connectivity index (χ4n) is 2.19. The summed E-state index contributed by atoms with van der Waals surface area (Å²) in [7, 11) is 0. The number of carboxylic acid groups (broad SMARTS) is 1. The van der Waals surface area contributed by atoms with Gasteiger partial charge in [-0.25, -0.2) is 13.6 Å². The van der Waals surface area contributed by atoms with Gasteiger partial charge in [0.15, 0.2) is 0 Å². The molecule has 0 unspecified atom stereocenters. The minimum Gasteiger partial charge on any atom is -0.477 e. The maximum Gasteiger partial charge on any atom is 0.341 e. The molecule has 0 radical (unpaired) electrons. The molecule has 1 N–H and O–H groups in total. The van der Waals surface area contributed by atoms with E-state index in [2.05, 4.69) is 0 Å². The molecular formula is C13H9F2NO3. The summed E-state index contributed by atoms with van der Waals surface area (Å²) in [5, 5.41) is 8.94. The van der Waals surface area contributed by atoms with E-state index in [1.807, 2.05) is 0 Å². The minimum atomic E-state index is -1.40. The lowest BCUT2D eigenvalue weighted by Gasteiger charge is -2.11. The Kier molecular flexibility index (Phi) is 2.41. The largest absolute Gasteiger partial charge is 0.477 e. The molecule has 1 aromatic carbocycles. The van der Waals surface area contributed by atoms with Crippen LogP contribution in [0, 0.1) is 5.82 Å². The Morgan fingerprint density at radius 3 is 2.68 bits per heavy atom. The summed E-state index contributed by atoms with van der Waals surface area (Å²) in [6, 6.07) is 3.03. The maximum atomic E-state index is 13.2. The van der Waals surface area contributed by atoms with Gasteiger partial charge >= 0.3 is 5.97 Å². The van der Waals surface area contributed by atoms with E-state index in [1.54, 1.807) is 0 Å². The molecular weight excluding hydrogens is 256 g/mol. The molecule has 4 nitrogen and oxygen atoms in total. The van der Waals surface area contributed by atoms with Crippen molar-refractivity contribution in [3.8, 4) is 0 Å². The van der Waals surface area contributed by atoms with Crippen LogP contribution < -0.4 is 5.43 Å². The van der Waals surface area contributed by atoms with Crippen LogP contribution in [-0.2, 0) is 0 Å². The molecule has 0 amide bonds. The second-order valence-corrected chi connectivity index (χ2v) is 4.56. The highest BCUT2D eigenvalue weighted by Gasteiger charge is 2.40. The maximum absolute atomic E-state index is 13.2. The van der Waals surface area contributed by atoms with Crippen LogP contribution in [0.25, 0.3) is 10.9 Å². The Labute approximate surface area is 105 Å². The molecule has 1 fully saturated rings. The van der Waals surface area contributed by atoms with E-state index < -0.39 is 35.0 Å². The fourth-order valence-corrected chi connectivity index (χ4v) is 2.19. The average Bonchev–Trinajstić information content (AvgIpc) is 3.07. The number of alkyl halides is 1. The molecule has 3 rings (SSSR count). The van der Waals surface area contributed by atoms with Gasteiger partial charge in [-0.2, -0.15) is 0 Å². The number of hydrogen-bond acceptors (Lipinski definition) is 2. The van der Waals surface area contributed by atoms with Crippen LogP contribution in [0.5, 0.6) is 0 Å². The van der Waals surface area contributed by atoms with E-state index in [1.165, 1.54) is 10.6 Å². The molecule has 1 saturated carbocycles. The zero-order valence-corrected chi connectivity index (χ0v) is 9.64. The van der Waals surface area contributed by atoms with Crippen LogP contribution in [0.3, 0.4) is 0 Å². The molecule has 19 heavy (non-hydrogen) atoms. The Hall–Kier alpha value is -2.24. The third-order valence-electron chi connectivity index (χ3n) is 3.26. The summed E-state index contributed by atoms with van der Waals surface area (Å²) in [6.07, 6.45) is 0.348. The number of aromatic nitrogens is 1. The molecule has 0 saturated heterocycles. The first-order chi connectivity index (χ1) is 8.99. The van der Waals surface area contributed by atoms with E-state index in [0.29, 0.717) is 5.52 Å². The van der Waals surface area contributed by atoms with Crippen molar-refractivity contribution in [3.05, 3.63) is 46.0 Å². The second-order valence-electron chi connectivity index (χ2n) is 4.56. The highest BCUT2D eigenvalue weighted by molar-refractivity contribution is 5.92. The molecule has 1 aliphatic carbocycles. The highest BCUT2D eigenvalue weighted by atomic mass is 19.1. The van der Waals surface area contributed by atoms with Crippen molar-refractivity contribution in [2.24, 2.45) is 0 Å². The van der Waals surface area contributed by atoms with Gasteiger partial charge in [-0.15, -0.1) is 0 Å². The number of carbonyl (C=O) groups is 1. The summed E-state index contributed by atoms with van der Waals surface area (Å²) in [4.78, 5) is 23.0. The number of hydrogen-bond donors (Lipinski definition) is 1. The van der Waals surface area contributed by atoms with Crippen molar-refractivity contribution >= 4 is 16.9 Å². The van der Waals surface area contributed by atoms with Crippen molar-refractivity contribution in [2.75, 3.05) is 0 Å². The fraction of sp³-hybridized carbons (Fsp3) is 0.231. The standard InChI is InChI=1S/C13H9F2NO3/c14-6-1-2-10-7(3-6)12(17)8(13(18)19)5-16(10)11-4-9(11)15/h1-3,5,9,11H,4H2,(H,18,19)/t9-,11-/m1/s1. The minimum absolute atomic E-state index is 0.0426. The van der Waals surface area contributed by atoms with E-state index in [-0.39, 0.29) is 11.8 Å². The molecule has 2 atom stereocenters. The number of halogens is 2. The molecule has 0 bridgehead atoms. The summed E-state index contributed by atoms with van der Waals surface area (Å²) >= 11 is 0. The van der Waals surface area contributed by atoms with Crippen LogP contribution in [0.4, 0.5) is 8.78 Å². The number of aromatic carboxylic acids is 1. The molecule has 0 aliphatic heterocycles. The van der Waals surface area contributed by atoms with Gasteiger partial charge in [0.2, 0.25) is 5.43 Å². The van der Waals surface area contributed by atoms with Gasteiger partial charge in [-0.05, 0) is 18.2 Å². The summed E-state index contributed by atoms with van der Waals surface area (Å²) in [5.41, 5.74) is -0.881. The predicted molar refractivity (Wildman–Crippen MR) is 63.7 cm³/mol. The molecule has 1 aliphatic rings. The monoisotopic (exact) mass is 265 g/mol.